The van der Waals surface area contributed by atoms with Crippen molar-refractivity contribution in [1.29, 1.82) is 0 Å². The van der Waals surface area contributed by atoms with Crippen molar-refractivity contribution in [2.24, 2.45) is 7.05 Å². The van der Waals surface area contributed by atoms with Crippen LogP contribution < -0.4 is 10.2 Å². The van der Waals surface area contributed by atoms with Crippen molar-refractivity contribution in [3.8, 4) is 0 Å². The maximum absolute atomic E-state index is 13.1. The van der Waals surface area contributed by atoms with Gasteiger partial charge in [0.1, 0.15) is 0 Å². The zero-order valence-corrected chi connectivity index (χ0v) is 13.7. The molecule has 0 spiro atoms. The van der Waals surface area contributed by atoms with E-state index in [-0.39, 0.29) is 11.9 Å². The van der Waals surface area contributed by atoms with Gasteiger partial charge in [-0.25, -0.2) is 0 Å². The molecule has 2 aromatic rings. The van der Waals surface area contributed by atoms with Crippen molar-refractivity contribution in [3.05, 3.63) is 48.2 Å². The van der Waals surface area contributed by atoms with Crippen LogP contribution >= 0.6 is 0 Å². The molecule has 25 heavy (non-hydrogen) atoms. The van der Waals surface area contributed by atoms with Gasteiger partial charge in [0.2, 0.25) is 0 Å². The average Bonchev–Trinajstić information content (AvgIpc) is 3.01. The van der Waals surface area contributed by atoms with Crippen molar-refractivity contribution in [2.45, 2.75) is 31.1 Å². The lowest BCUT2D eigenvalue weighted by Gasteiger charge is -2.37. The van der Waals surface area contributed by atoms with Gasteiger partial charge in [-0.15, -0.1) is 0 Å². The molecule has 1 aromatic heterocycles. The third-order valence-electron chi connectivity index (χ3n) is 4.35. The van der Waals surface area contributed by atoms with E-state index in [1.54, 1.807) is 7.05 Å². The molecule has 0 unspecified atom stereocenters. The molecule has 1 amide bonds. The zero-order valence-electron chi connectivity index (χ0n) is 13.7. The van der Waals surface area contributed by atoms with Gasteiger partial charge < -0.3 is 5.32 Å². The molecule has 1 N–H and O–H groups in total. The summed E-state index contributed by atoms with van der Waals surface area (Å²) in [6.07, 6.45) is -2.59. The largest absolute Gasteiger partial charge is 0.471 e. The molecule has 5 nitrogen and oxygen atoms in total. The number of carbonyl (C=O) groups is 1. The summed E-state index contributed by atoms with van der Waals surface area (Å²) in [6, 6.07) is 10.3. The highest BCUT2D eigenvalue weighted by atomic mass is 19.4. The summed E-state index contributed by atoms with van der Waals surface area (Å²) >= 11 is 0. The van der Waals surface area contributed by atoms with Crippen LogP contribution in [0.3, 0.4) is 0 Å². The number of benzene rings is 1. The van der Waals surface area contributed by atoms with Gasteiger partial charge in [0.25, 0.3) is 0 Å². The standard InChI is InChI=1S/C17H19F3N4O/c1-23-10-8-15(22-23)24(16(25)17(18,19)20)13-7-9-21-14(11-13)12-5-3-2-4-6-12/h2-6,8,10,13-14,21H,7,9,11H2,1H3/t13-,14+/m1/s1. The number of aromatic nitrogens is 2. The molecule has 0 saturated carbocycles. The first-order valence-corrected chi connectivity index (χ1v) is 8.04. The summed E-state index contributed by atoms with van der Waals surface area (Å²) in [5, 5.41) is 7.33. The Morgan fingerprint density at radius 2 is 2.00 bits per heavy atom. The van der Waals surface area contributed by atoms with Crippen LogP contribution in [0.25, 0.3) is 0 Å². The minimum absolute atomic E-state index is 0.0311. The third-order valence-corrected chi connectivity index (χ3v) is 4.35. The molecule has 134 valence electrons. The van der Waals surface area contributed by atoms with Gasteiger partial charge in [0.15, 0.2) is 5.82 Å². The third kappa shape index (κ3) is 3.84. The second-order valence-electron chi connectivity index (χ2n) is 6.12. The molecule has 2 heterocycles. The van der Waals surface area contributed by atoms with E-state index in [9.17, 15) is 18.0 Å². The summed E-state index contributed by atoms with van der Waals surface area (Å²) in [6.45, 7) is 0.526. The molecule has 1 fully saturated rings. The summed E-state index contributed by atoms with van der Waals surface area (Å²) in [4.78, 5) is 12.9. The maximum atomic E-state index is 13.1. The minimum Gasteiger partial charge on any atom is -0.310 e. The van der Waals surface area contributed by atoms with Crippen LogP contribution in [0.5, 0.6) is 0 Å². The van der Waals surface area contributed by atoms with Crippen molar-refractivity contribution in [3.63, 3.8) is 0 Å². The summed E-state index contributed by atoms with van der Waals surface area (Å²) in [5.74, 6) is -1.84. The van der Waals surface area contributed by atoms with Crippen LogP contribution in [-0.2, 0) is 11.8 Å². The topological polar surface area (TPSA) is 50.2 Å². The van der Waals surface area contributed by atoms with Gasteiger partial charge in [0.05, 0.1) is 0 Å². The molecule has 1 aromatic carbocycles. The smallest absolute Gasteiger partial charge is 0.310 e. The summed E-state index contributed by atoms with van der Waals surface area (Å²) in [5.41, 5.74) is 0.993. The van der Waals surface area contributed by atoms with Crippen molar-refractivity contribution < 1.29 is 18.0 Å². The van der Waals surface area contributed by atoms with E-state index in [4.69, 9.17) is 0 Å². The van der Waals surface area contributed by atoms with Gasteiger partial charge in [-0.3, -0.25) is 14.4 Å². The van der Waals surface area contributed by atoms with E-state index in [0.717, 1.165) is 10.5 Å². The second kappa shape index (κ2) is 6.87. The fourth-order valence-electron chi connectivity index (χ4n) is 3.20. The molecular weight excluding hydrogens is 333 g/mol. The van der Waals surface area contributed by atoms with Crippen molar-refractivity contribution in [2.75, 3.05) is 11.4 Å². The maximum Gasteiger partial charge on any atom is 0.471 e. The van der Waals surface area contributed by atoms with E-state index in [2.05, 4.69) is 10.4 Å². The van der Waals surface area contributed by atoms with Crippen molar-refractivity contribution in [1.82, 2.24) is 15.1 Å². The number of hydrogen-bond acceptors (Lipinski definition) is 3. The monoisotopic (exact) mass is 352 g/mol. The number of hydrogen-bond donors (Lipinski definition) is 1. The summed E-state index contributed by atoms with van der Waals surface area (Å²) < 4.78 is 40.8. The lowest BCUT2D eigenvalue weighted by Crippen LogP contribution is -2.51. The van der Waals surface area contributed by atoms with Crippen LogP contribution in [0, 0.1) is 0 Å². The Morgan fingerprint density at radius 3 is 2.60 bits per heavy atom. The van der Waals surface area contributed by atoms with Crippen molar-refractivity contribution >= 4 is 11.7 Å². The van der Waals surface area contributed by atoms with Gasteiger partial charge in [-0.2, -0.15) is 18.3 Å². The van der Waals surface area contributed by atoms with E-state index < -0.39 is 18.1 Å². The molecule has 1 aliphatic rings. The number of alkyl halides is 3. The Balaban J connectivity index is 1.89. The lowest BCUT2D eigenvalue weighted by atomic mass is 9.92. The second-order valence-corrected chi connectivity index (χ2v) is 6.12. The Kier molecular flexibility index (Phi) is 4.80. The predicted octanol–water partition coefficient (Wildman–Crippen LogP) is 2.81. The molecule has 8 heteroatoms. The number of nitrogens with zero attached hydrogens (tertiary/aromatic N) is 3. The van der Waals surface area contributed by atoms with Gasteiger partial charge in [-0.05, 0) is 24.9 Å². The van der Waals surface area contributed by atoms with E-state index in [1.165, 1.54) is 16.9 Å². The fraction of sp³-hybridized carbons (Fsp3) is 0.412. The normalized spacial score (nSPS) is 21.1. The Bertz CT molecular complexity index is 729. The number of aryl methyl sites for hydroxylation is 1. The number of piperidine rings is 1. The Labute approximate surface area is 143 Å². The quantitative estimate of drug-likeness (QED) is 0.924. The molecule has 0 radical (unpaired) electrons. The van der Waals surface area contributed by atoms with Crippen LogP contribution in [-0.4, -0.2) is 34.5 Å². The summed E-state index contributed by atoms with van der Waals surface area (Å²) in [7, 11) is 1.61. The first-order valence-electron chi connectivity index (χ1n) is 8.04. The average molecular weight is 352 g/mol. The lowest BCUT2D eigenvalue weighted by molar-refractivity contribution is -0.171. The van der Waals surface area contributed by atoms with Gasteiger partial charge in [0, 0.05) is 31.4 Å². The highest BCUT2D eigenvalue weighted by Gasteiger charge is 2.46. The molecule has 0 bridgehead atoms. The van der Waals surface area contributed by atoms with E-state index in [1.807, 2.05) is 30.3 Å². The predicted molar refractivity (Wildman–Crippen MR) is 87.0 cm³/mol. The number of carbonyl (C=O) groups excluding carboxylic acids is 1. The minimum atomic E-state index is -4.94. The van der Waals surface area contributed by atoms with Crippen LogP contribution in [0.1, 0.15) is 24.4 Å². The molecule has 3 rings (SSSR count). The Hall–Kier alpha value is -2.35. The zero-order chi connectivity index (χ0) is 18.0. The number of rotatable bonds is 3. The first kappa shape index (κ1) is 17.5. The fourth-order valence-corrected chi connectivity index (χ4v) is 3.20. The number of anilines is 1. The highest BCUT2D eigenvalue weighted by Crippen LogP contribution is 2.32. The van der Waals surface area contributed by atoms with E-state index >= 15 is 0 Å². The van der Waals surface area contributed by atoms with Gasteiger partial charge >= 0.3 is 12.1 Å². The SMILES string of the molecule is Cn1ccc(N(C(=O)C(F)(F)F)[C@@H]2CCN[C@H](c3ccccc3)C2)n1. The number of nitrogens with one attached hydrogen (secondary N) is 1. The molecule has 1 saturated heterocycles. The van der Waals surface area contributed by atoms with E-state index in [0.29, 0.717) is 19.4 Å². The van der Waals surface area contributed by atoms with Crippen LogP contribution in [0.2, 0.25) is 0 Å². The van der Waals surface area contributed by atoms with Crippen LogP contribution in [0.4, 0.5) is 19.0 Å². The molecule has 1 aliphatic heterocycles. The number of amides is 1. The molecule has 2 atom stereocenters. The molecule has 0 aliphatic carbocycles. The van der Waals surface area contributed by atoms with Crippen LogP contribution in [0.15, 0.2) is 42.6 Å². The Morgan fingerprint density at radius 1 is 1.28 bits per heavy atom. The number of halogens is 3. The first-order chi connectivity index (χ1) is 11.9. The van der Waals surface area contributed by atoms with Gasteiger partial charge in [-0.1, -0.05) is 30.3 Å². The molecular formula is C17H19F3N4O. The highest BCUT2D eigenvalue weighted by molar-refractivity contribution is 5.97.